The third-order valence-electron chi connectivity index (χ3n) is 2.13. The predicted molar refractivity (Wildman–Crippen MR) is 49.8 cm³/mol. The highest BCUT2D eigenvalue weighted by molar-refractivity contribution is 6.30. The lowest BCUT2D eigenvalue weighted by atomic mass is 10.1. The van der Waals surface area contributed by atoms with Crippen molar-refractivity contribution in [2.24, 2.45) is 0 Å². The fourth-order valence-electron chi connectivity index (χ4n) is 1.40. The second-order valence-electron chi connectivity index (χ2n) is 3.01. The van der Waals surface area contributed by atoms with E-state index >= 15 is 0 Å². The van der Waals surface area contributed by atoms with E-state index in [4.69, 9.17) is 16.3 Å². The van der Waals surface area contributed by atoms with Gasteiger partial charge in [-0.1, -0.05) is 18.5 Å². The third-order valence-corrected chi connectivity index (χ3v) is 2.45. The van der Waals surface area contributed by atoms with E-state index in [0.717, 1.165) is 36.5 Å². The Labute approximate surface area is 82.1 Å². The zero-order valence-electron chi connectivity index (χ0n) is 7.51. The third kappa shape index (κ3) is 1.67. The van der Waals surface area contributed by atoms with Crippen molar-refractivity contribution in [3.8, 4) is 0 Å². The van der Waals surface area contributed by atoms with E-state index in [1.54, 1.807) is 0 Å². The average molecular weight is 199 g/mol. The molecule has 1 aromatic rings. The molecule has 2 heterocycles. The van der Waals surface area contributed by atoms with Gasteiger partial charge in [0, 0.05) is 18.4 Å². The van der Waals surface area contributed by atoms with Gasteiger partial charge < -0.3 is 4.74 Å². The highest BCUT2D eigenvalue weighted by atomic mass is 35.5. The summed E-state index contributed by atoms with van der Waals surface area (Å²) < 4.78 is 5.29. The molecule has 0 fully saturated rings. The quantitative estimate of drug-likeness (QED) is 0.646. The Bertz CT molecular complexity index is 328. The SMILES string of the molecule is CCc1nc(Cl)c2c(n1)CCOC2. The molecule has 1 aliphatic rings. The molecular weight excluding hydrogens is 188 g/mol. The molecule has 0 aromatic carbocycles. The Hall–Kier alpha value is -0.670. The molecule has 0 spiro atoms. The van der Waals surface area contributed by atoms with Crippen LogP contribution < -0.4 is 0 Å². The van der Waals surface area contributed by atoms with Crippen LogP contribution in [-0.2, 0) is 24.2 Å². The van der Waals surface area contributed by atoms with Gasteiger partial charge in [-0.2, -0.15) is 0 Å². The van der Waals surface area contributed by atoms with Crippen molar-refractivity contribution in [2.75, 3.05) is 6.61 Å². The second-order valence-corrected chi connectivity index (χ2v) is 3.37. The first-order chi connectivity index (χ1) is 6.31. The molecule has 1 aliphatic heterocycles. The summed E-state index contributed by atoms with van der Waals surface area (Å²) in [6.07, 6.45) is 1.68. The fraction of sp³-hybridized carbons (Fsp3) is 0.556. The maximum absolute atomic E-state index is 5.99. The molecule has 2 rings (SSSR count). The molecule has 0 unspecified atom stereocenters. The second kappa shape index (κ2) is 3.60. The monoisotopic (exact) mass is 198 g/mol. The predicted octanol–water partition coefficient (Wildman–Crippen LogP) is 1.77. The van der Waals surface area contributed by atoms with Crippen LogP contribution in [0.25, 0.3) is 0 Å². The standard InChI is InChI=1S/C9H11ClN2O/c1-2-8-11-7-3-4-13-5-6(7)9(10)12-8/h2-5H2,1H3. The lowest BCUT2D eigenvalue weighted by Gasteiger charge is -2.16. The van der Waals surface area contributed by atoms with E-state index in [2.05, 4.69) is 9.97 Å². The first-order valence-corrected chi connectivity index (χ1v) is 4.81. The molecule has 70 valence electrons. The van der Waals surface area contributed by atoms with Crippen molar-refractivity contribution in [2.45, 2.75) is 26.4 Å². The van der Waals surface area contributed by atoms with Crippen molar-refractivity contribution in [3.63, 3.8) is 0 Å². The molecule has 0 atom stereocenters. The van der Waals surface area contributed by atoms with Gasteiger partial charge in [0.2, 0.25) is 0 Å². The van der Waals surface area contributed by atoms with E-state index < -0.39 is 0 Å². The molecule has 0 saturated carbocycles. The molecule has 3 nitrogen and oxygen atoms in total. The normalized spacial score (nSPS) is 15.5. The van der Waals surface area contributed by atoms with Crippen molar-refractivity contribution < 1.29 is 4.74 Å². The highest BCUT2D eigenvalue weighted by Gasteiger charge is 2.16. The summed E-state index contributed by atoms with van der Waals surface area (Å²) in [4.78, 5) is 8.60. The van der Waals surface area contributed by atoms with Crippen LogP contribution in [0.2, 0.25) is 5.15 Å². The summed E-state index contributed by atoms with van der Waals surface area (Å²) in [5.74, 6) is 0.825. The summed E-state index contributed by atoms with van der Waals surface area (Å²) >= 11 is 5.99. The van der Waals surface area contributed by atoms with Crippen LogP contribution in [0.5, 0.6) is 0 Å². The van der Waals surface area contributed by atoms with Crippen LogP contribution in [0.3, 0.4) is 0 Å². The smallest absolute Gasteiger partial charge is 0.138 e. The maximum Gasteiger partial charge on any atom is 0.138 e. The van der Waals surface area contributed by atoms with Crippen LogP contribution in [0.4, 0.5) is 0 Å². The molecule has 0 aliphatic carbocycles. The van der Waals surface area contributed by atoms with E-state index in [1.165, 1.54) is 0 Å². The zero-order chi connectivity index (χ0) is 9.26. The summed E-state index contributed by atoms with van der Waals surface area (Å²) in [6, 6.07) is 0. The Kier molecular flexibility index (Phi) is 2.47. The summed E-state index contributed by atoms with van der Waals surface area (Å²) in [5, 5.41) is 0.557. The molecule has 0 radical (unpaired) electrons. The number of hydrogen-bond acceptors (Lipinski definition) is 3. The van der Waals surface area contributed by atoms with Crippen LogP contribution in [0.1, 0.15) is 24.0 Å². The largest absolute Gasteiger partial charge is 0.376 e. The first kappa shape index (κ1) is 8.91. The van der Waals surface area contributed by atoms with Crippen LogP contribution in [0.15, 0.2) is 0 Å². The summed E-state index contributed by atoms with van der Waals surface area (Å²) in [5.41, 5.74) is 2.02. The van der Waals surface area contributed by atoms with Crippen LogP contribution in [0, 0.1) is 0 Å². The lowest BCUT2D eigenvalue weighted by Crippen LogP contribution is -2.14. The van der Waals surface area contributed by atoms with E-state index in [9.17, 15) is 0 Å². The number of aromatic nitrogens is 2. The molecular formula is C9H11ClN2O. The van der Waals surface area contributed by atoms with Crippen molar-refractivity contribution >= 4 is 11.6 Å². The number of fused-ring (bicyclic) bond motifs is 1. The van der Waals surface area contributed by atoms with Gasteiger partial charge in [-0.25, -0.2) is 9.97 Å². The van der Waals surface area contributed by atoms with Gasteiger partial charge in [-0.15, -0.1) is 0 Å². The molecule has 4 heteroatoms. The van der Waals surface area contributed by atoms with Crippen LogP contribution >= 0.6 is 11.6 Å². The molecule has 0 amide bonds. The van der Waals surface area contributed by atoms with Gasteiger partial charge in [-0.05, 0) is 0 Å². The molecule has 0 saturated heterocycles. The summed E-state index contributed by atoms with van der Waals surface area (Å²) in [7, 11) is 0. The van der Waals surface area contributed by atoms with Crippen molar-refractivity contribution in [3.05, 3.63) is 22.2 Å². The van der Waals surface area contributed by atoms with Gasteiger partial charge in [0.05, 0.1) is 18.9 Å². The van der Waals surface area contributed by atoms with E-state index in [0.29, 0.717) is 11.8 Å². The fourth-order valence-corrected chi connectivity index (χ4v) is 1.66. The number of aryl methyl sites for hydroxylation is 1. The number of rotatable bonds is 1. The lowest BCUT2D eigenvalue weighted by molar-refractivity contribution is 0.109. The van der Waals surface area contributed by atoms with Gasteiger partial charge in [0.1, 0.15) is 11.0 Å². The molecule has 13 heavy (non-hydrogen) atoms. The zero-order valence-corrected chi connectivity index (χ0v) is 8.26. The van der Waals surface area contributed by atoms with Gasteiger partial charge >= 0.3 is 0 Å². The minimum Gasteiger partial charge on any atom is -0.376 e. The van der Waals surface area contributed by atoms with E-state index in [-0.39, 0.29) is 0 Å². The first-order valence-electron chi connectivity index (χ1n) is 4.43. The molecule has 1 aromatic heterocycles. The van der Waals surface area contributed by atoms with Gasteiger partial charge in [0.25, 0.3) is 0 Å². The number of hydrogen-bond donors (Lipinski definition) is 0. The molecule has 0 bridgehead atoms. The number of ether oxygens (including phenoxy) is 1. The Balaban J connectivity index is 2.47. The Morgan fingerprint density at radius 2 is 2.31 bits per heavy atom. The van der Waals surface area contributed by atoms with Crippen LogP contribution in [-0.4, -0.2) is 16.6 Å². The summed E-state index contributed by atoms with van der Waals surface area (Å²) in [6.45, 7) is 3.32. The topological polar surface area (TPSA) is 35.0 Å². The Morgan fingerprint density at radius 3 is 3.08 bits per heavy atom. The van der Waals surface area contributed by atoms with Gasteiger partial charge in [0.15, 0.2) is 0 Å². The minimum atomic E-state index is 0.554. The van der Waals surface area contributed by atoms with Crippen molar-refractivity contribution in [1.82, 2.24) is 9.97 Å². The number of nitrogens with zero attached hydrogens (tertiary/aromatic N) is 2. The van der Waals surface area contributed by atoms with Crippen molar-refractivity contribution in [1.29, 1.82) is 0 Å². The van der Waals surface area contributed by atoms with E-state index in [1.807, 2.05) is 6.92 Å². The Morgan fingerprint density at radius 1 is 1.46 bits per heavy atom. The maximum atomic E-state index is 5.99. The van der Waals surface area contributed by atoms with Gasteiger partial charge in [-0.3, -0.25) is 0 Å². The highest BCUT2D eigenvalue weighted by Crippen LogP contribution is 2.21. The minimum absolute atomic E-state index is 0.554. The molecule has 0 N–H and O–H groups in total. The number of halogens is 1. The average Bonchev–Trinajstić information content (AvgIpc) is 2.18.